The van der Waals surface area contributed by atoms with E-state index in [0.717, 1.165) is 18.5 Å². The summed E-state index contributed by atoms with van der Waals surface area (Å²) in [5, 5.41) is 0.947. The summed E-state index contributed by atoms with van der Waals surface area (Å²) in [5.74, 6) is 0.669. The number of fused-ring (bicyclic) bond motifs is 1. The van der Waals surface area contributed by atoms with E-state index in [2.05, 4.69) is 4.90 Å². The number of carbonyl (C=O) groups excluding carboxylic acids is 2. The van der Waals surface area contributed by atoms with Gasteiger partial charge in [-0.3, -0.25) is 9.59 Å². The van der Waals surface area contributed by atoms with Crippen molar-refractivity contribution in [3.8, 4) is 17.2 Å². The summed E-state index contributed by atoms with van der Waals surface area (Å²) in [7, 11) is 5.04. The van der Waals surface area contributed by atoms with Gasteiger partial charge in [0.05, 0.1) is 24.3 Å². The minimum Gasteiger partial charge on any atom is -0.493 e. The van der Waals surface area contributed by atoms with Crippen LogP contribution in [0, 0.1) is 0 Å². The highest BCUT2D eigenvalue weighted by molar-refractivity contribution is 6.43. The highest BCUT2D eigenvalue weighted by Gasteiger charge is 2.30. The fourth-order valence-electron chi connectivity index (χ4n) is 3.70. The second-order valence-electron chi connectivity index (χ2n) is 7.82. The number of ketones is 1. The largest absolute Gasteiger partial charge is 0.493 e. The predicted octanol–water partition coefficient (Wildman–Crippen LogP) is 3.98. The highest BCUT2D eigenvalue weighted by atomic mass is 35.5. The Balaban J connectivity index is 1.48. The van der Waals surface area contributed by atoms with Gasteiger partial charge in [0.25, 0.3) is 11.7 Å². The number of nitrogens with zero attached hydrogens (tertiary/aromatic N) is 2. The summed E-state index contributed by atoms with van der Waals surface area (Å²) in [4.78, 5) is 29.3. The quantitative estimate of drug-likeness (QED) is 0.465. The van der Waals surface area contributed by atoms with Crippen molar-refractivity contribution >= 4 is 34.9 Å². The summed E-state index contributed by atoms with van der Waals surface area (Å²) in [6.07, 6.45) is 1.33. The Labute approximate surface area is 204 Å². The molecular formula is C24H28Cl2N2O5. The van der Waals surface area contributed by atoms with Crippen molar-refractivity contribution in [2.24, 2.45) is 0 Å². The topological polar surface area (TPSA) is 68.3 Å². The molecule has 0 fully saturated rings. The van der Waals surface area contributed by atoms with Crippen LogP contribution < -0.4 is 14.2 Å². The van der Waals surface area contributed by atoms with Crippen molar-refractivity contribution in [3.63, 3.8) is 0 Å². The average molecular weight is 495 g/mol. The molecule has 0 unspecified atom stereocenters. The van der Waals surface area contributed by atoms with Crippen LogP contribution >= 0.6 is 23.2 Å². The third-order valence-electron chi connectivity index (χ3n) is 5.59. The number of halogens is 2. The molecule has 1 aliphatic rings. The molecular weight excluding hydrogens is 467 g/mol. The lowest BCUT2D eigenvalue weighted by molar-refractivity contribution is -0.126. The van der Waals surface area contributed by atoms with Gasteiger partial charge in [-0.1, -0.05) is 23.2 Å². The first kappa shape index (κ1) is 25.1. The monoisotopic (exact) mass is 494 g/mol. The molecule has 2 aromatic carbocycles. The van der Waals surface area contributed by atoms with E-state index in [4.69, 9.17) is 37.4 Å². The molecule has 0 bridgehead atoms. The Morgan fingerprint density at radius 2 is 1.73 bits per heavy atom. The van der Waals surface area contributed by atoms with E-state index in [1.165, 1.54) is 7.11 Å². The number of rotatable bonds is 10. The molecule has 33 heavy (non-hydrogen) atoms. The van der Waals surface area contributed by atoms with Gasteiger partial charge < -0.3 is 24.0 Å². The van der Waals surface area contributed by atoms with Gasteiger partial charge in [-0.2, -0.15) is 0 Å². The lowest BCUT2D eigenvalue weighted by atomic mass is 10.0. The Morgan fingerprint density at radius 1 is 1.00 bits per heavy atom. The predicted molar refractivity (Wildman–Crippen MR) is 128 cm³/mol. The van der Waals surface area contributed by atoms with Gasteiger partial charge in [-0.15, -0.1) is 0 Å². The van der Waals surface area contributed by atoms with Crippen molar-refractivity contribution in [3.05, 3.63) is 51.5 Å². The molecule has 0 radical (unpaired) electrons. The minimum absolute atomic E-state index is 0.386. The Hall–Kier alpha value is -2.48. The third kappa shape index (κ3) is 6.31. The molecule has 0 aliphatic carbocycles. The van der Waals surface area contributed by atoms with Crippen LogP contribution in [0.3, 0.4) is 0 Å². The van der Waals surface area contributed by atoms with Crippen LogP contribution in [0.5, 0.6) is 17.2 Å². The standard InChI is InChI=1S/C24H28Cl2N2O5/c1-27(11-12-33-17-5-6-19(25)20(26)14-17)8-4-9-28-10-7-16-13-21(31-2)22(32-3)15-18(16)23(29)24(28)30/h5-6,13-15H,4,7-12H2,1-3H3. The summed E-state index contributed by atoms with van der Waals surface area (Å²) in [5.41, 5.74) is 1.18. The zero-order valence-electron chi connectivity index (χ0n) is 19.0. The molecule has 0 spiro atoms. The van der Waals surface area contributed by atoms with Gasteiger partial charge >= 0.3 is 0 Å². The van der Waals surface area contributed by atoms with Crippen molar-refractivity contribution in [1.29, 1.82) is 0 Å². The van der Waals surface area contributed by atoms with Crippen LogP contribution in [0.2, 0.25) is 10.0 Å². The zero-order chi connectivity index (χ0) is 24.0. The number of ether oxygens (including phenoxy) is 3. The smallest absolute Gasteiger partial charge is 0.294 e. The number of likely N-dealkylation sites (N-methyl/N-ethyl adjacent to an activating group) is 1. The van der Waals surface area contributed by atoms with Gasteiger partial charge in [-0.25, -0.2) is 0 Å². The van der Waals surface area contributed by atoms with Crippen LogP contribution in [0.25, 0.3) is 0 Å². The summed E-state index contributed by atoms with van der Waals surface area (Å²) < 4.78 is 16.3. The van der Waals surface area contributed by atoms with Crippen LogP contribution in [0.4, 0.5) is 0 Å². The van der Waals surface area contributed by atoms with E-state index in [1.54, 1.807) is 42.3 Å². The molecule has 0 N–H and O–H groups in total. The van der Waals surface area contributed by atoms with Crippen molar-refractivity contribution in [2.75, 3.05) is 54.1 Å². The molecule has 0 saturated heterocycles. The molecule has 1 aliphatic heterocycles. The molecule has 178 valence electrons. The fraction of sp³-hybridized carbons (Fsp3) is 0.417. The second kappa shape index (κ2) is 11.6. The van der Waals surface area contributed by atoms with Crippen LogP contribution in [0.15, 0.2) is 30.3 Å². The normalized spacial score (nSPS) is 13.7. The Kier molecular flexibility index (Phi) is 8.83. The Bertz CT molecular complexity index is 1010. The van der Waals surface area contributed by atoms with E-state index < -0.39 is 11.7 Å². The Morgan fingerprint density at radius 3 is 2.42 bits per heavy atom. The molecule has 2 aromatic rings. The average Bonchev–Trinajstić information content (AvgIpc) is 2.92. The minimum atomic E-state index is -0.508. The summed E-state index contributed by atoms with van der Waals surface area (Å²) in [6.45, 7) is 2.95. The maximum atomic E-state index is 12.8. The third-order valence-corrected chi connectivity index (χ3v) is 6.33. The lowest BCUT2D eigenvalue weighted by Crippen LogP contribution is -2.38. The molecule has 3 rings (SSSR count). The van der Waals surface area contributed by atoms with Gasteiger partial charge in [0, 0.05) is 31.3 Å². The SMILES string of the molecule is COc1cc2c(cc1OC)C(=O)C(=O)N(CCCN(C)CCOc1ccc(Cl)c(Cl)c1)CC2. The molecule has 1 heterocycles. The molecule has 9 heteroatoms. The molecule has 1 amide bonds. The number of amides is 1. The highest BCUT2D eigenvalue weighted by Crippen LogP contribution is 2.32. The number of Topliss-reactive ketones (excluding diaryl/α,β-unsaturated/α-hetero) is 1. The van der Waals surface area contributed by atoms with Crippen LogP contribution in [-0.2, 0) is 11.2 Å². The zero-order valence-corrected chi connectivity index (χ0v) is 20.5. The van der Waals surface area contributed by atoms with Gasteiger partial charge in [0.2, 0.25) is 0 Å². The maximum absolute atomic E-state index is 12.8. The van der Waals surface area contributed by atoms with Crippen molar-refractivity contribution in [1.82, 2.24) is 9.80 Å². The van der Waals surface area contributed by atoms with Gasteiger partial charge in [0.15, 0.2) is 11.5 Å². The first-order chi connectivity index (χ1) is 15.8. The second-order valence-corrected chi connectivity index (χ2v) is 8.63. The van der Waals surface area contributed by atoms with E-state index in [-0.39, 0.29) is 0 Å². The van der Waals surface area contributed by atoms with Crippen LogP contribution in [-0.4, -0.2) is 75.5 Å². The van der Waals surface area contributed by atoms with E-state index in [1.807, 2.05) is 7.05 Å². The van der Waals surface area contributed by atoms with Crippen molar-refractivity contribution in [2.45, 2.75) is 12.8 Å². The number of hydrogen-bond donors (Lipinski definition) is 0. The number of hydrogen-bond acceptors (Lipinski definition) is 6. The van der Waals surface area contributed by atoms with Gasteiger partial charge in [0.1, 0.15) is 12.4 Å². The van der Waals surface area contributed by atoms with E-state index >= 15 is 0 Å². The molecule has 7 nitrogen and oxygen atoms in total. The van der Waals surface area contributed by atoms with Crippen molar-refractivity contribution < 1.29 is 23.8 Å². The van der Waals surface area contributed by atoms with E-state index in [0.29, 0.717) is 65.5 Å². The summed E-state index contributed by atoms with van der Waals surface area (Å²) in [6, 6.07) is 8.55. The molecule has 0 atom stereocenters. The molecule has 0 aromatic heterocycles. The molecule has 0 saturated carbocycles. The fourth-order valence-corrected chi connectivity index (χ4v) is 3.99. The van der Waals surface area contributed by atoms with Gasteiger partial charge in [-0.05, 0) is 56.3 Å². The number of benzene rings is 2. The lowest BCUT2D eigenvalue weighted by Gasteiger charge is -2.22. The summed E-state index contributed by atoms with van der Waals surface area (Å²) >= 11 is 11.9. The van der Waals surface area contributed by atoms with E-state index in [9.17, 15) is 9.59 Å². The number of carbonyl (C=O) groups is 2. The first-order valence-corrected chi connectivity index (χ1v) is 11.4. The maximum Gasteiger partial charge on any atom is 0.294 e. The number of methoxy groups -OCH3 is 2. The first-order valence-electron chi connectivity index (χ1n) is 10.7. The van der Waals surface area contributed by atoms with Crippen LogP contribution in [0.1, 0.15) is 22.3 Å².